The van der Waals surface area contributed by atoms with E-state index in [0.717, 1.165) is 0 Å². The molecule has 2 N–H and O–H groups in total. The van der Waals surface area contributed by atoms with Gasteiger partial charge in [-0.25, -0.2) is 5.43 Å². The third-order valence-corrected chi connectivity index (χ3v) is 5.12. The third-order valence-electron chi connectivity index (χ3n) is 4.20. The van der Waals surface area contributed by atoms with E-state index in [1.807, 2.05) is 13.8 Å². The summed E-state index contributed by atoms with van der Waals surface area (Å²) in [5.74, 6) is 0.0397. The maximum absolute atomic E-state index is 12.6. The summed E-state index contributed by atoms with van der Waals surface area (Å²) >= 11 is 9.47. The van der Waals surface area contributed by atoms with Crippen LogP contribution in [0.1, 0.15) is 29.8 Å². The van der Waals surface area contributed by atoms with Crippen LogP contribution in [0.4, 0.5) is 0 Å². The van der Waals surface area contributed by atoms with E-state index in [4.69, 9.17) is 21.1 Å². The van der Waals surface area contributed by atoms with Crippen molar-refractivity contribution in [3.8, 4) is 11.5 Å². The number of hydrogen-bond donors (Lipinski definition) is 2. The fourth-order valence-corrected chi connectivity index (χ4v) is 3.49. The van der Waals surface area contributed by atoms with Crippen molar-refractivity contribution in [2.45, 2.75) is 19.9 Å². The topological polar surface area (TPSA) is 89.0 Å². The molecular weight excluding hydrogens is 474 g/mol. The van der Waals surface area contributed by atoms with Gasteiger partial charge >= 0.3 is 0 Å². The first-order valence-corrected chi connectivity index (χ1v) is 10.2. The van der Waals surface area contributed by atoms with Crippen LogP contribution in [0.25, 0.3) is 0 Å². The number of benzene rings is 2. The molecule has 7 nitrogen and oxygen atoms in total. The van der Waals surface area contributed by atoms with Crippen molar-refractivity contribution in [2.75, 3.05) is 14.2 Å². The molecule has 2 rings (SSSR count). The Kier molecular flexibility index (Phi) is 8.68. The number of ether oxygens (including phenoxy) is 2. The van der Waals surface area contributed by atoms with Gasteiger partial charge in [0.25, 0.3) is 11.8 Å². The number of carbonyl (C=O) groups is 2. The Bertz CT molecular complexity index is 950. The summed E-state index contributed by atoms with van der Waals surface area (Å²) in [4.78, 5) is 25.1. The van der Waals surface area contributed by atoms with E-state index in [-0.39, 0.29) is 5.92 Å². The fraction of sp³-hybridized carbons (Fsp3) is 0.286. The quantitative estimate of drug-likeness (QED) is 0.427. The molecule has 0 bridgehead atoms. The predicted molar refractivity (Wildman–Crippen MR) is 121 cm³/mol. The largest absolute Gasteiger partial charge is 0.493 e. The number of rotatable bonds is 8. The lowest BCUT2D eigenvalue weighted by Crippen LogP contribution is -2.48. The van der Waals surface area contributed by atoms with Crippen LogP contribution in [0.5, 0.6) is 11.5 Å². The minimum absolute atomic E-state index is 0.165. The van der Waals surface area contributed by atoms with Crippen molar-refractivity contribution in [1.29, 1.82) is 0 Å². The maximum atomic E-state index is 12.6. The van der Waals surface area contributed by atoms with Gasteiger partial charge in [-0.1, -0.05) is 37.6 Å². The molecule has 9 heteroatoms. The van der Waals surface area contributed by atoms with E-state index in [1.165, 1.54) is 13.3 Å². The van der Waals surface area contributed by atoms with Crippen LogP contribution < -0.4 is 20.2 Å². The van der Waals surface area contributed by atoms with Gasteiger partial charge in [-0.3, -0.25) is 9.59 Å². The molecule has 0 saturated carbocycles. The summed E-state index contributed by atoms with van der Waals surface area (Å²) in [7, 11) is 3.07. The van der Waals surface area contributed by atoms with E-state index in [1.54, 1.807) is 43.5 Å². The Labute approximate surface area is 188 Å². The molecule has 1 atom stereocenters. The first-order valence-electron chi connectivity index (χ1n) is 9.08. The number of methoxy groups -OCH3 is 2. The molecule has 2 aromatic carbocycles. The number of carbonyl (C=O) groups excluding carboxylic acids is 2. The molecule has 0 fully saturated rings. The lowest BCUT2D eigenvalue weighted by atomic mass is 10.0. The highest BCUT2D eigenvalue weighted by molar-refractivity contribution is 9.10. The average Bonchev–Trinajstić information content (AvgIpc) is 2.71. The van der Waals surface area contributed by atoms with Crippen LogP contribution in [0.3, 0.4) is 0 Å². The Morgan fingerprint density at radius 3 is 2.47 bits per heavy atom. The normalized spacial score (nSPS) is 12.0. The van der Waals surface area contributed by atoms with Crippen LogP contribution in [0.15, 0.2) is 46.0 Å². The van der Waals surface area contributed by atoms with Crippen molar-refractivity contribution in [2.24, 2.45) is 11.0 Å². The first kappa shape index (κ1) is 23.7. The van der Waals surface area contributed by atoms with Crippen molar-refractivity contribution in [3.63, 3.8) is 0 Å². The molecule has 0 saturated heterocycles. The molecule has 0 aliphatic carbocycles. The molecule has 30 heavy (non-hydrogen) atoms. The molecule has 2 aromatic rings. The number of hydrazone groups is 1. The highest BCUT2D eigenvalue weighted by atomic mass is 79.9. The summed E-state index contributed by atoms with van der Waals surface area (Å²) in [6.07, 6.45) is 1.47. The lowest BCUT2D eigenvalue weighted by molar-refractivity contribution is -0.123. The highest BCUT2D eigenvalue weighted by Crippen LogP contribution is 2.35. The second-order valence-corrected chi connectivity index (χ2v) is 7.91. The van der Waals surface area contributed by atoms with Gasteiger partial charge < -0.3 is 14.8 Å². The molecule has 0 heterocycles. The molecule has 2 amide bonds. The molecule has 160 valence electrons. The zero-order valence-electron chi connectivity index (χ0n) is 17.0. The van der Waals surface area contributed by atoms with E-state index >= 15 is 0 Å². The summed E-state index contributed by atoms with van der Waals surface area (Å²) in [5, 5.41) is 7.02. The number of halogens is 2. The number of nitrogens with one attached hydrogen (secondary N) is 2. The van der Waals surface area contributed by atoms with Gasteiger partial charge in [0.05, 0.1) is 35.5 Å². The second kappa shape index (κ2) is 11.0. The zero-order valence-corrected chi connectivity index (χ0v) is 19.4. The third kappa shape index (κ3) is 5.96. The Hall–Kier alpha value is -2.58. The summed E-state index contributed by atoms with van der Waals surface area (Å²) in [5.41, 5.74) is 3.45. The average molecular weight is 497 g/mol. The molecule has 0 radical (unpaired) electrons. The van der Waals surface area contributed by atoms with Crippen molar-refractivity contribution >= 4 is 45.6 Å². The molecular formula is C21H23BrClN3O4. The number of nitrogens with zero attached hydrogens (tertiary/aromatic N) is 1. The van der Waals surface area contributed by atoms with Gasteiger partial charge in [0.1, 0.15) is 6.04 Å². The van der Waals surface area contributed by atoms with Gasteiger partial charge in [-0.05, 0) is 51.7 Å². The highest BCUT2D eigenvalue weighted by Gasteiger charge is 2.25. The minimum Gasteiger partial charge on any atom is -0.493 e. The zero-order chi connectivity index (χ0) is 22.3. The number of hydrogen-bond acceptors (Lipinski definition) is 5. The summed E-state index contributed by atoms with van der Waals surface area (Å²) < 4.78 is 11.2. The fourth-order valence-electron chi connectivity index (χ4n) is 2.65. The molecule has 0 aromatic heterocycles. The Balaban J connectivity index is 2.10. The monoisotopic (exact) mass is 495 g/mol. The predicted octanol–water partition coefficient (Wildman–Crippen LogP) is 4.02. The Morgan fingerprint density at radius 2 is 1.87 bits per heavy atom. The number of amides is 2. The first-order chi connectivity index (χ1) is 14.3. The molecule has 0 aliphatic rings. The van der Waals surface area contributed by atoms with Crippen LogP contribution in [0, 0.1) is 5.92 Å². The Morgan fingerprint density at radius 1 is 1.17 bits per heavy atom. The second-order valence-electron chi connectivity index (χ2n) is 6.65. The minimum atomic E-state index is -0.789. The van der Waals surface area contributed by atoms with Crippen LogP contribution in [-0.4, -0.2) is 38.3 Å². The summed E-state index contributed by atoms with van der Waals surface area (Å²) in [6.45, 7) is 3.65. The van der Waals surface area contributed by atoms with E-state index in [0.29, 0.717) is 32.1 Å². The molecule has 0 aliphatic heterocycles. The van der Waals surface area contributed by atoms with Gasteiger partial charge in [0.15, 0.2) is 11.5 Å². The van der Waals surface area contributed by atoms with E-state index in [2.05, 4.69) is 31.8 Å². The standard InChI is InChI=1S/C21H23BrClN3O4/c1-12(2)18(25-20(27)14-7-5-6-8-16(14)23)21(28)26-24-11-13-9-15(22)19(30-4)17(10-13)29-3/h5-12,18H,1-4H3,(H,25,27)(H,26,28). The summed E-state index contributed by atoms with van der Waals surface area (Å²) in [6, 6.07) is 9.35. The van der Waals surface area contributed by atoms with Gasteiger partial charge in [0, 0.05) is 0 Å². The lowest BCUT2D eigenvalue weighted by Gasteiger charge is -2.20. The molecule has 0 spiro atoms. The van der Waals surface area contributed by atoms with Gasteiger partial charge in [-0.15, -0.1) is 0 Å². The smallest absolute Gasteiger partial charge is 0.262 e. The van der Waals surface area contributed by atoms with Crippen LogP contribution in [-0.2, 0) is 4.79 Å². The SMILES string of the molecule is COc1cc(C=NNC(=O)C(NC(=O)c2ccccc2Cl)C(C)C)cc(Br)c1OC. The van der Waals surface area contributed by atoms with E-state index < -0.39 is 17.9 Å². The maximum Gasteiger partial charge on any atom is 0.262 e. The van der Waals surface area contributed by atoms with Crippen molar-refractivity contribution in [3.05, 3.63) is 57.0 Å². The molecule has 1 unspecified atom stereocenters. The van der Waals surface area contributed by atoms with Crippen molar-refractivity contribution < 1.29 is 19.1 Å². The van der Waals surface area contributed by atoms with Crippen molar-refractivity contribution in [1.82, 2.24) is 10.7 Å². The van der Waals surface area contributed by atoms with Gasteiger partial charge in [0.2, 0.25) is 0 Å². The van der Waals surface area contributed by atoms with E-state index in [9.17, 15) is 9.59 Å². The van der Waals surface area contributed by atoms with Crippen LogP contribution in [0.2, 0.25) is 5.02 Å². The van der Waals surface area contributed by atoms with Crippen LogP contribution >= 0.6 is 27.5 Å². The van der Waals surface area contributed by atoms with Gasteiger partial charge in [-0.2, -0.15) is 5.10 Å².